The fourth-order valence-corrected chi connectivity index (χ4v) is 2.19. The molecule has 0 bridgehead atoms. The number of benzene rings is 2. The average molecular weight is 440 g/mol. The highest BCUT2D eigenvalue weighted by molar-refractivity contribution is 5.79. The predicted molar refractivity (Wildman–Crippen MR) is 101 cm³/mol. The first-order chi connectivity index (χ1) is 14.7. The Labute approximate surface area is 175 Å². The van der Waals surface area contributed by atoms with Gasteiger partial charge in [-0.15, -0.1) is 0 Å². The Kier molecular flexibility index (Phi) is 8.38. The van der Waals surface area contributed by atoms with E-state index in [0.717, 1.165) is 11.6 Å². The van der Waals surface area contributed by atoms with Crippen molar-refractivity contribution in [3.05, 3.63) is 65.7 Å². The molecule has 0 aromatic heterocycles. The number of halogens is 3. The summed E-state index contributed by atoms with van der Waals surface area (Å²) in [7, 11) is 0. The van der Waals surface area contributed by atoms with Crippen LogP contribution in [0.2, 0.25) is 0 Å². The number of nitrogens with two attached hydrogens (primary N) is 1. The van der Waals surface area contributed by atoms with Crippen molar-refractivity contribution in [2.75, 3.05) is 6.54 Å². The minimum absolute atomic E-state index is 0.0240. The Morgan fingerprint density at radius 1 is 0.935 bits per heavy atom. The van der Waals surface area contributed by atoms with Crippen LogP contribution in [0.25, 0.3) is 0 Å². The van der Waals surface area contributed by atoms with Crippen LogP contribution in [0.1, 0.15) is 11.1 Å². The van der Waals surface area contributed by atoms with E-state index in [2.05, 4.69) is 10.1 Å². The van der Waals surface area contributed by atoms with Gasteiger partial charge in [0.25, 0.3) is 0 Å². The lowest BCUT2D eigenvalue weighted by atomic mass is 10.2. The molecule has 166 valence electrons. The Morgan fingerprint density at radius 2 is 1.58 bits per heavy atom. The molecule has 0 spiro atoms. The van der Waals surface area contributed by atoms with Crippen molar-refractivity contribution in [2.24, 2.45) is 5.73 Å². The highest BCUT2D eigenvalue weighted by Crippen LogP contribution is 2.23. The summed E-state index contributed by atoms with van der Waals surface area (Å²) in [6.45, 7) is -0.761. The number of ether oxygens (including phenoxy) is 3. The summed E-state index contributed by atoms with van der Waals surface area (Å²) in [6.07, 6.45) is -5.97. The van der Waals surface area contributed by atoms with Crippen molar-refractivity contribution in [3.8, 4) is 5.75 Å². The number of carbonyl (C=O) groups excluding carboxylic acids is 3. The second-order valence-corrected chi connectivity index (χ2v) is 6.15. The first kappa shape index (κ1) is 23.7. The first-order valence-corrected chi connectivity index (χ1v) is 8.90. The second kappa shape index (κ2) is 11.0. The smallest absolute Gasteiger partial charge is 0.459 e. The van der Waals surface area contributed by atoms with Gasteiger partial charge in [0.05, 0.1) is 0 Å². The first-order valence-electron chi connectivity index (χ1n) is 8.90. The molecule has 0 fully saturated rings. The maximum absolute atomic E-state index is 12.4. The van der Waals surface area contributed by atoms with Gasteiger partial charge in [-0.25, -0.2) is 9.59 Å². The molecular formula is C20H19F3N2O6. The Morgan fingerprint density at radius 3 is 2.26 bits per heavy atom. The van der Waals surface area contributed by atoms with Crippen molar-refractivity contribution in [1.82, 2.24) is 5.32 Å². The Bertz CT molecular complexity index is 905. The van der Waals surface area contributed by atoms with Gasteiger partial charge in [0, 0.05) is 12.1 Å². The number of hydrogen-bond donors (Lipinski definition) is 2. The molecule has 0 aliphatic rings. The standard InChI is InChI=1S/C20H19F3N2O6/c21-20(22,23)18(27)31-16-9-5-4-8-14(16)12-29-17(26)15(24)10-25-19(28)30-11-13-6-2-1-3-7-13/h1-9,15H,10-12,24H2,(H,25,28)/t15-/m1/s1. The molecule has 0 unspecified atom stereocenters. The number of amides is 1. The second-order valence-electron chi connectivity index (χ2n) is 6.15. The van der Waals surface area contributed by atoms with Gasteiger partial charge in [0.1, 0.15) is 25.0 Å². The number of carbonyl (C=O) groups is 3. The molecule has 1 atom stereocenters. The summed E-state index contributed by atoms with van der Waals surface area (Å²) in [6, 6.07) is 12.9. The lowest BCUT2D eigenvalue weighted by molar-refractivity contribution is -0.189. The summed E-state index contributed by atoms with van der Waals surface area (Å²) in [4.78, 5) is 34.6. The molecule has 0 radical (unpaired) electrons. The van der Waals surface area contributed by atoms with Crippen molar-refractivity contribution in [2.45, 2.75) is 25.4 Å². The number of esters is 2. The Balaban J connectivity index is 1.79. The van der Waals surface area contributed by atoms with Gasteiger partial charge in [-0.2, -0.15) is 13.2 Å². The molecule has 11 heteroatoms. The van der Waals surface area contributed by atoms with Gasteiger partial charge in [-0.05, 0) is 11.6 Å². The maximum atomic E-state index is 12.4. The summed E-state index contributed by atoms with van der Waals surface area (Å²) < 4.78 is 51.3. The molecule has 0 heterocycles. The van der Waals surface area contributed by atoms with E-state index in [-0.39, 0.29) is 18.7 Å². The zero-order valence-corrected chi connectivity index (χ0v) is 16.1. The van der Waals surface area contributed by atoms with Crippen LogP contribution >= 0.6 is 0 Å². The SMILES string of the molecule is N[C@H](CNC(=O)OCc1ccccc1)C(=O)OCc1ccccc1OC(=O)C(F)(F)F. The van der Waals surface area contributed by atoms with Gasteiger partial charge in [0.2, 0.25) is 0 Å². The third-order valence-electron chi connectivity index (χ3n) is 3.76. The average Bonchev–Trinajstić information content (AvgIpc) is 2.75. The topological polar surface area (TPSA) is 117 Å². The van der Waals surface area contributed by atoms with Crippen LogP contribution in [0.4, 0.5) is 18.0 Å². The maximum Gasteiger partial charge on any atom is 0.491 e. The minimum atomic E-state index is -5.17. The lowest BCUT2D eigenvalue weighted by Crippen LogP contribution is -2.43. The number of rotatable bonds is 8. The number of alkyl carbamates (subject to hydrolysis) is 1. The van der Waals surface area contributed by atoms with E-state index >= 15 is 0 Å². The number of para-hydroxylation sites is 1. The van der Waals surface area contributed by atoms with Crippen molar-refractivity contribution in [3.63, 3.8) is 0 Å². The van der Waals surface area contributed by atoms with Gasteiger partial charge < -0.3 is 25.3 Å². The summed E-state index contributed by atoms with van der Waals surface area (Å²) in [5, 5.41) is 2.30. The number of alkyl halides is 3. The van der Waals surface area contributed by atoms with Crippen LogP contribution < -0.4 is 15.8 Å². The van der Waals surface area contributed by atoms with E-state index in [4.69, 9.17) is 15.2 Å². The molecular weight excluding hydrogens is 421 g/mol. The molecule has 0 saturated heterocycles. The third kappa shape index (κ3) is 7.97. The van der Waals surface area contributed by atoms with Crippen LogP contribution in [-0.2, 0) is 32.3 Å². The van der Waals surface area contributed by atoms with Gasteiger partial charge in [-0.3, -0.25) is 4.79 Å². The molecule has 2 rings (SSSR count). The third-order valence-corrected chi connectivity index (χ3v) is 3.76. The molecule has 31 heavy (non-hydrogen) atoms. The van der Waals surface area contributed by atoms with Gasteiger partial charge in [-0.1, -0.05) is 48.5 Å². The molecule has 2 aromatic carbocycles. The summed E-state index contributed by atoms with van der Waals surface area (Å²) in [5.74, 6) is -3.74. The number of hydrogen-bond acceptors (Lipinski definition) is 7. The van der Waals surface area contributed by atoms with E-state index < -0.39 is 42.6 Å². The van der Waals surface area contributed by atoms with Crippen LogP contribution in [0.3, 0.4) is 0 Å². The largest absolute Gasteiger partial charge is 0.491 e. The molecule has 1 amide bonds. The van der Waals surface area contributed by atoms with E-state index in [0.29, 0.717) is 0 Å². The zero-order valence-electron chi connectivity index (χ0n) is 16.1. The van der Waals surface area contributed by atoms with Crippen molar-refractivity contribution in [1.29, 1.82) is 0 Å². The van der Waals surface area contributed by atoms with Crippen molar-refractivity contribution >= 4 is 18.0 Å². The molecule has 0 aliphatic carbocycles. The Hall–Kier alpha value is -3.60. The molecule has 0 aliphatic heterocycles. The van der Waals surface area contributed by atoms with Gasteiger partial charge in [0.15, 0.2) is 0 Å². The number of nitrogens with one attached hydrogen (secondary N) is 1. The van der Waals surface area contributed by atoms with E-state index in [9.17, 15) is 27.6 Å². The highest BCUT2D eigenvalue weighted by atomic mass is 19.4. The fourth-order valence-electron chi connectivity index (χ4n) is 2.19. The van der Waals surface area contributed by atoms with E-state index in [1.807, 2.05) is 6.07 Å². The van der Waals surface area contributed by atoms with Gasteiger partial charge >= 0.3 is 24.2 Å². The summed E-state index contributed by atoms with van der Waals surface area (Å²) in [5.41, 5.74) is 6.43. The lowest BCUT2D eigenvalue weighted by Gasteiger charge is -2.14. The fraction of sp³-hybridized carbons (Fsp3) is 0.250. The normalized spacial score (nSPS) is 11.9. The summed E-state index contributed by atoms with van der Waals surface area (Å²) >= 11 is 0. The zero-order chi connectivity index (χ0) is 22.9. The minimum Gasteiger partial charge on any atom is -0.459 e. The predicted octanol–water partition coefficient (Wildman–Crippen LogP) is 2.45. The molecule has 0 saturated carbocycles. The van der Waals surface area contributed by atoms with E-state index in [1.54, 1.807) is 24.3 Å². The van der Waals surface area contributed by atoms with Crippen molar-refractivity contribution < 1.29 is 41.8 Å². The van der Waals surface area contributed by atoms with Crippen LogP contribution in [0.15, 0.2) is 54.6 Å². The van der Waals surface area contributed by atoms with Crippen LogP contribution in [0.5, 0.6) is 5.75 Å². The molecule has 3 N–H and O–H groups in total. The van der Waals surface area contributed by atoms with Crippen LogP contribution in [0, 0.1) is 0 Å². The van der Waals surface area contributed by atoms with Crippen LogP contribution in [-0.4, -0.2) is 36.8 Å². The highest BCUT2D eigenvalue weighted by Gasteiger charge is 2.41. The quantitative estimate of drug-likeness (QED) is 0.478. The molecule has 2 aromatic rings. The molecule has 8 nitrogen and oxygen atoms in total. The van der Waals surface area contributed by atoms with E-state index in [1.165, 1.54) is 18.2 Å². The monoisotopic (exact) mass is 440 g/mol.